The summed E-state index contributed by atoms with van der Waals surface area (Å²) in [6.45, 7) is 0.798. The van der Waals surface area contributed by atoms with E-state index >= 15 is 0 Å². The fraction of sp³-hybridized carbons (Fsp3) is 0.235. The van der Waals surface area contributed by atoms with Gasteiger partial charge in [0.1, 0.15) is 28.3 Å². The number of nitrogens with zero attached hydrogens (tertiary/aromatic N) is 5. The smallest absolute Gasteiger partial charge is 0.240 e. The number of H-pyrrole nitrogens is 2. The Morgan fingerprint density at radius 3 is 1.84 bits per heavy atom. The van der Waals surface area contributed by atoms with Crippen LogP contribution in [0.25, 0.3) is 44.8 Å². The second-order valence-electron chi connectivity index (χ2n) is 11.6. The quantitative estimate of drug-likeness (QED) is 0.132. The first-order valence-electron chi connectivity index (χ1n) is 15.6. The van der Waals surface area contributed by atoms with Crippen molar-refractivity contribution in [2.45, 2.75) is 37.1 Å². The minimum atomic E-state index is -0.605. The number of aromatic amines is 2. The molecule has 6 aromatic rings. The van der Waals surface area contributed by atoms with Gasteiger partial charge < -0.3 is 41.9 Å². The van der Waals surface area contributed by atoms with Gasteiger partial charge in [0.05, 0.1) is 29.0 Å². The molecule has 252 valence electrons. The highest BCUT2D eigenvalue weighted by Gasteiger charge is 2.37. The first kappa shape index (κ1) is 33.5. The summed E-state index contributed by atoms with van der Waals surface area (Å²) >= 11 is 6.08. The van der Waals surface area contributed by atoms with Crippen molar-refractivity contribution in [3.63, 3.8) is 0 Å². The van der Waals surface area contributed by atoms with Gasteiger partial charge in [-0.1, -0.05) is 72.3 Å². The predicted octanol–water partition coefficient (Wildman–Crippen LogP) is 2.52. The third-order valence-electron chi connectivity index (χ3n) is 8.16. The maximum Gasteiger partial charge on any atom is 0.240 e. The van der Waals surface area contributed by atoms with Gasteiger partial charge in [0, 0.05) is 43.0 Å². The number of anilines is 1. The molecule has 0 radical (unpaired) electrons. The average Bonchev–Trinajstić information content (AvgIpc) is 3.93. The van der Waals surface area contributed by atoms with Crippen LogP contribution in [0.4, 0.5) is 5.82 Å². The van der Waals surface area contributed by atoms with E-state index in [0.29, 0.717) is 54.2 Å². The number of fused-ring (bicyclic) bond motifs is 2. The summed E-state index contributed by atoms with van der Waals surface area (Å²) in [5.41, 5.74) is 13.7. The van der Waals surface area contributed by atoms with Crippen LogP contribution in [0, 0.1) is 0 Å². The molecule has 15 heteroatoms. The molecular weight excluding hydrogens is 648 g/mol. The number of carbonyl (C=O) groups excluding carboxylic acids is 2. The predicted molar refractivity (Wildman–Crippen MR) is 186 cm³/mol. The van der Waals surface area contributed by atoms with E-state index in [0.717, 1.165) is 27.5 Å². The minimum Gasteiger partial charge on any atom is -0.392 e. The van der Waals surface area contributed by atoms with Crippen LogP contribution in [0.3, 0.4) is 0 Å². The highest BCUT2D eigenvalue weighted by atomic mass is 35.5. The number of β-amino-alcohol motifs (C(OH)–C–C–N with tert-alkyl or cyclic N) is 2. The standard InChI is InChI=1S/C17H17N5O2.C12H8ClN3.C5H10N2O2/c18-14(24)13-8-11(23)9-22(13)17-12-6-7-19-16(12)20-15(21-17)10-4-2-1-3-5-10;13-10-9-6-7-14-12(9)16-11(15-10)8-4-2-1-3-5-8;6-5(9)4-1-3(8)2-7-4/h1-7,11,13,23H,8-9H2,(H2,18,24)(H,19,20,21);1-7H,(H,14,15,16);3-4,7-8H,1-2H2,(H2,6,9)/t11-,13+;;3-,4+/m1.1/s1. The van der Waals surface area contributed by atoms with E-state index in [1.54, 1.807) is 17.3 Å². The van der Waals surface area contributed by atoms with Crippen molar-refractivity contribution < 1.29 is 19.8 Å². The van der Waals surface area contributed by atoms with Crippen molar-refractivity contribution in [1.29, 1.82) is 0 Å². The Balaban J connectivity index is 0.000000143. The Hall–Kier alpha value is -5.41. The molecule has 4 atom stereocenters. The highest BCUT2D eigenvalue weighted by molar-refractivity contribution is 6.34. The number of nitrogens with one attached hydrogen (secondary N) is 3. The molecule has 8 rings (SSSR count). The van der Waals surface area contributed by atoms with Crippen molar-refractivity contribution in [1.82, 2.24) is 35.2 Å². The Kier molecular flexibility index (Phi) is 10.1. The average molecular weight is 683 g/mol. The molecule has 0 aliphatic carbocycles. The van der Waals surface area contributed by atoms with E-state index in [9.17, 15) is 14.7 Å². The Morgan fingerprint density at radius 2 is 1.31 bits per heavy atom. The van der Waals surface area contributed by atoms with E-state index in [1.165, 1.54) is 0 Å². The number of rotatable bonds is 5. The van der Waals surface area contributed by atoms with Crippen LogP contribution >= 0.6 is 11.6 Å². The molecule has 14 nitrogen and oxygen atoms in total. The van der Waals surface area contributed by atoms with Crippen molar-refractivity contribution in [2.75, 3.05) is 18.0 Å². The lowest BCUT2D eigenvalue weighted by Gasteiger charge is -2.24. The van der Waals surface area contributed by atoms with Gasteiger partial charge in [-0.25, -0.2) is 19.9 Å². The number of benzene rings is 2. The van der Waals surface area contributed by atoms with Crippen molar-refractivity contribution in [3.05, 3.63) is 90.3 Å². The van der Waals surface area contributed by atoms with E-state index < -0.39 is 24.2 Å². The van der Waals surface area contributed by atoms with Gasteiger partial charge in [-0.05, 0) is 18.6 Å². The molecule has 0 saturated carbocycles. The highest BCUT2D eigenvalue weighted by Crippen LogP contribution is 2.32. The molecule has 4 aromatic heterocycles. The number of aliphatic hydroxyl groups excluding tert-OH is 2. The zero-order valence-electron chi connectivity index (χ0n) is 26.2. The summed E-state index contributed by atoms with van der Waals surface area (Å²) in [5.74, 6) is 0.966. The minimum absolute atomic E-state index is 0.311. The zero-order valence-corrected chi connectivity index (χ0v) is 27.0. The molecule has 2 aromatic carbocycles. The van der Waals surface area contributed by atoms with Gasteiger partial charge in [-0.15, -0.1) is 0 Å². The largest absolute Gasteiger partial charge is 0.392 e. The Labute approximate surface area is 285 Å². The van der Waals surface area contributed by atoms with Gasteiger partial charge in [0.15, 0.2) is 11.6 Å². The van der Waals surface area contributed by atoms with Gasteiger partial charge >= 0.3 is 0 Å². The number of amides is 2. The number of aliphatic hydroxyl groups is 2. The summed E-state index contributed by atoms with van der Waals surface area (Å²) in [7, 11) is 0. The fourth-order valence-corrected chi connectivity index (χ4v) is 5.96. The number of halogens is 1. The third kappa shape index (κ3) is 7.68. The molecule has 9 N–H and O–H groups in total. The summed E-state index contributed by atoms with van der Waals surface area (Å²) in [4.78, 5) is 48.0. The first-order valence-corrected chi connectivity index (χ1v) is 16.0. The summed E-state index contributed by atoms with van der Waals surface area (Å²) < 4.78 is 0. The Bertz CT molecular complexity index is 2060. The monoisotopic (exact) mass is 682 g/mol. The summed E-state index contributed by atoms with van der Waals surface area (Å²) in [6, 6.07) is 22.2. The second-order valence-corrected chi connectivity index (χ2v) is 12.0. The Morgan fingerprint density at radius 1 is 0.735 bits per heavy atom. The molecule has 2 amide bonds. The van der Waals surface area contributed by atoms with Crippen LogP contribution in [-0.2, 0) is 9.59 Å². The van der Waals surface area contributed by atoms with Gasteiger partial charge in [0.2, 0.25) is 11.8 Å². The molecule has 2 aliphatic rings. The summed E-state index contributed by atoms with van der Waals surface area (Å²) in [6.07, 6.45) is 3.35. The van der Waals surface area contributed by atoms with E-state index in [-0.39, 0.29) is 11.9 Å². The molecule has 0 unspecified atom stereocenters. The first-order chi connectivity index (χ1) is 23.7. The molecule has 49 heavy (non-hydrogen) atoms. The van der Waals surface area contributed by atoms with Crippen LogP contribution in [-0.4, -0.2) is 89.3 Å². The molecule has 2 fully saturated rings. The van der Waals surface area contributed by atoms with Crippen LogP contribution in [0.15, 0.2) is 85.2 Å². The van der Waals surface area contributed by atoms with Crippen LogP contribution in [0.1, 0.15) is 12.8 Å². The van der Waals surface area contributed by atoms with Gasteiger partial charge in [-0.3, -0.25) is 9.59 Å². The molecule has 6 heterocycles. The second kappa shape index (κ2) is 14.8. The van der Waals surface area contributed by atoms with Crippen LogP contribution < -0.4 is 21.7 Å². The van der Waals surface area contributed by atoms with E-state index in [1.807, 2.05) is 72.8 Å². The molecule has 0 spiro atoms. The van der Waals surface area contributed by atoms with E-state index in [4.69, 9.17) is 28.2 Å². The fourth-order valence-electron chi connectivity index (χ4n) is 5.73. The lowest BCUT2D eigenvalue weighted by atomic mass is 10.2. The molecule has 2 aliphatic heterocycles. The van der Waals surface area contributed by atoms with Crippen LogP contribution in [0.2, 0.25) is 5.15 Å². The van der Waals surface area contributed by atoms with E-state index in [2.05, 4.69) is 35.2 Å². The number of primary amides is 2. The molecular formula is C34H35ClN10O4. The van der Waals surface area contributed by atoms with Crippen molar-refractivity contribution >= 4 is 51.3 Å². The SMILES string of the molecule is Clc1nc(-c2ccccc2)nc2[nH]ccc12.NC(=O)[C@@H]1C[C@@H](O)CN1.NC(=O)[C@@H]1C[C@@H](O)CN1c1nc(-c2ccccc2)nc2[nH]ccc12. The van der Waals surface area contributed by atoms with Gasteiger partial charge in [0.25, 0.3) is 0 Å². The van der Waals surface area contributed by atoms with Crippen molar-refractivity contribution in [3.8, 4) is 22.8 Å². The van der Waals surface area contributed by atoms with Crippen LogP contribution in [0.5, 0.6) is 0 Å². The van der Waals surface area contributed by atoms with Crippen molar-refractivity contribution in [2.24, 2.45) is 11.5 Å². The number of aromatic nitrogens is 6. The molecule has 0 bridgehead atoms. The van der Waals surface area contributed by atoms with Gasteiger partial charge in [-0.2, -0.15) is 0 Å². The third-order valence-corrected chi connectivity index (χ3v) is 8.45. The lowest BCUT2D eigenvalue weighted by molar-refractivity contribution is -0.120. The maximum atomic E-state index is 11.8. The summed E-state index contributed by atoms with van der Waals surface area (Å²) in [5, 5.41) is 23.8. The number of carbonyl (C=O) groups is 2. The lowest BCUT2D eigenvalue weighted by Crippen LogP contribution is -2.40. The zero-order chi connectivity index (χ0) is 34.5. The normalized spacial score (nSPS) is 20.0. The topological polar surface area (TPSA) is 225 Å². The number of hydrogen-bond donors (Lipinski definition) is 7. The molecule has 2 saturated heterocycles. The number of hydrogen-bond acceptors (Lipinski definition) is 10. The maximum absolute atomic E-state index is 11.8. The number of nitrogens with two attached hydrogens (primary N) is 2.